The first-order valence-electron chi connectivity index (χ1n) is 9.45. The van der Waals surface area contributed by atoms with Crippen molar-refractivity contribution >= 4 is 17.6 Å². The van der Waals surface area contributed by atoms with E-state index < -0.39 is 17.7 Å². The highest BCUT2D eigenvalue weighted by Crippen LogP contribution is 2.16. The molecule has 0 heterocycles. The van der Waals surface area contributed by atoms with Crippen LogP contribution in [0.1, 0.15) is 31.8 Å². The smallest absolute Gasteiger partial charge is 0.338 e. The van der Waals surface area contributed by atoms with Crippen LogP contribution in [-0.4, -0.2) is 23.5 Å². The van der Waals surface area contributed by atoms with Crippen LogP contribution in [0.15, 0.2) is 66.7 Å². The molecule has 0 atom stereocenters. The lowest BCUT2D eigenvalue weighted by atomic mass is 10.1. The molecule has 160 valence electrons. The summed E-state index contributed by atoms with van der Waals surface area (Å²) in [7, 11) is 0. The van der Waals surface area contributed by atoms with Crippen LogP contribution in [0, 0.1) is 11.6 Å². The third kappa shape index (κ3) is 6.10. The van der Waals surface area contributed by atoms with E-state index in [2.05, 4.69) is 10.8 Å². The van der Waals surface area contributed by atoms with E-state index in [4.69, 9.17) is 9.94 Å². The van der Waals surface area contributed by atoms with Crippen molar-refractivity contribution in [3.05, 3.63) is 101 Å². The molecule has 0 aliphatic rings. The van der Waals surface area contributed by atoms with Crippen molar-refractivity contribution in [2.75, 3.05) is 11.9 Å². The van der Waals surface area contributed by atoms with Gasteiger partial charge in [-0.25, -0.2) is 19.1 Å². The number of para-hydroxylation sites is 1. The second-order valence-electron chi connectivity index (χ2n) is 6.69. The van der Waals surface area contributed by atoms with Gasteiger partial charge in [0.15, 0.2) is 0 Å². The van der Waals surface area contributed by atoms with E-state index >= 15 is 0 Å². The quantitative estimate of drug-likeness (QED) is 0.447. The number of amides is 1. The highest BCUT2D eigenvalue weighted by Gasteiger charge is 2.12. The molecule has 0 aromatic heterocycles. The molecule has 3 rings (SSSR count). The van der Waals surface area contributed by atoms with Gasteiger partial charge in [0, 0.05) is 12.2 Å². The monoisotopic (exact) mass is 426 g/mol. The summed E-state index contributed by atoms with van der Waals surface area (Å²) in [5.74, 6) is -2.92. The van der Waals surface area contributed by atoms with Crippen molar-refractivity contribution in [2.24, 2.45) is 0 Å². The lowest BCUT2D eigenvalue weighted by molar-refractivity contribution is 0.0234. The van der Waals surface area contributed by atoms with Crippen LogP contribution in [0.2, 0.25) is 0 Å². The highest BCUT2D eigenvalue weighted by atomic mass is 19.1. The minimum atomic E-state index is -1.32. The van der Waals surface area contributed by atoms with Gasteiger partial charge in [-0.3, -0.25) is 9.63 Å². The number of aromatic carboxylic acids is 1. The third-order valence-electron chi connectivity index (χ3n) is 4.48. The van der Waals surface area contributed by atoms with Gasteiger partial charge in [-0.15, -0.1) is 0 Å². The van der Waals surface area contributed by atoms with E-state index in [0.29, 0.717) is 35.3 Å². The molecule has 0 aliphatic carbocycles. The standard InChI is InChI=1S/C23H20F2N2O4/c24-17-8-5-16(6-9-17)14-31-27-22(28)18-3-1-2-4-21(18)26-12-11-15-7-10-20(25)19(13-15)23(29)30/h1-10,13,26H,11-12,14H2,(H,27,28)(H,29,30). The normalized spacial score (nSPS) is 10.5. The Kier molecular flexibility index (Phi) is 7.29. The fourth-order valence-corrected chi connectivity index (χ4v) is 2.89. The van der Waals surface area contributed by atoms with E-state index in [0.717, 1.165) is 6.07 Å². The number of rotatable bonds is 9. The van der Waals surface area contributed by atoms with Gasteiger partial charge in [-0.2, -0.15) is 0 Å². The van der Waals surface area contributed by atoms with Crippen molar-refractivity contribution in [1.82, 2.24) is 5.48 Å². The van der Waals surface area contributed by atoms with Gasteiger partial charge in [0.05, 0.1) is 17.7 Å². The number of carboxylic acid groups (broad SMARTS) is 1. The Morgan fingerprint density at radius 1 is 0.903 bits per heavy atom. The molecule has 31 heavy (non-hydrogen) atoms. The molecule has 3 aromatic carbocycles. The molecule has 0 bridgehead atoms. The number of hydrogen-bond acceptors (Lipinski definition) is 4. The number of carbonyl (C=O) groups is 2. The van der Waals surface area contributed by atoms with Gasteiger partial charge in [0.1, 0.15) is 11.6 Å². The lowest BCUT2D eigenvalue weighted by Crippen LogP contribution is -2.24. The van der Waals surface area contributed by atoms with Gasteiger partial charge in [0.2, 0.25) is 0 Å². The van der Waals surface area contributed by atoms with Gasteiger partial charge in [-0.05, 0) is 53.9 Å². The molecule has 8 heteroatoms. The lowest BCUT2D eigenvalue weighted by Gasteiger charge is -2.12. The maximum atomic E-state index is 13.5. The average Bonchev–Trinajstić information content (AvgIpc) is 2.76. The van der Waals surface area contributed by atoms with E-state index in [-0.39, 0.29) is 18.0 Å². The Labute approximate surface area is 177 Å². The Bertz CT molecular complexity index is 1070. The number of nitrogens with one attached hydrogen (secondary N) is 2. The van der Waals surface area contributed by atoms with Crippen molar-refractivity contribution in [3.63, 3.8) is 0 Å². The molecule has 0 aliphatic heterocycles. The first-order valence-corrected chi connectivity index (χ1v) is 9.45. The van der Waals surface area contributed by atoms with Gasteiger partial charge in [-0.1, -0.05) is 30.3 Å². The van der Waals surface area contributed by atoms with Crippen LogP contribution >= 0.6 is 0 Å². The molecule has 0 saturated heterocycles. The summed E-state index contributed by atoms with van der Waals surface area (Å²) < 4.78 is 26.4. The van der Waals surface area contributed by atoms with Crippen LogP contribution in [0.3, 0.4) is 0 Å². The highest BCUT2D eigenvalue weighted by molar-refractivity contribution is 5.99. The van der Waals surface area contributed by atoms with E-state index in [1.807, 2.05) is 0 Å². The number of carbonyl (C=O) groups excluding carboxylic acids is 1. The van der Waals surface area contributed by atoms with Crippen LogP contribution in [0.25, 0.3) is 0 Å². The third-order valence-corrected chi connectivity index (χ3v) is 4.48. The predicted molar refractivity (Wildman–Crippen MR) is 111 cm³/mol. The Balaban J connectivity index is 1.56. The summed E-state index contributed by atoms with van der Waals surface area (Å²) in [6, 6.07) is 16.5. The number of hydroxylamine groups is 1. The zero-order chi connectivity index (χ0) is 22.2. The van der Waals surface area contributed by atoms with E-state index in [1.165, 1.54) is 24.3 Å². The molecular weight excluding hydrogens is 406 g/mol. The number of halogens is 2. The number of benzene rings is 3. The summed E-state index contributed by atoms with van der Waals surface area (Å²) in [6.45, 7) is 0.476. The maximum Gasteiger partial charge on any atom is 0.338 e. The fourth-order valence-electron chi connectivity index (χ4n) is 2.89. The molecular formula is C23H20F2N2O4. The second kappa shape index (κ2) is 10.3. The summed E-state index contributed by atoms with van der Waals surface area (Å²) in [5, 5.41) is 12.1. The van der Waals surface area contributed by atoms with Crippen molar-refractivity contribution in [3.8, 4) is 0 Å². The molecule has 3 aromatic rings. The number of hydrogen-bond donors (Lipinski definition) is 3. The Morgan fingerprint density at radius 3 is 2.35 bits per heavy atom. The van der Waals surface area contributed by atoms with Crippen molar-refractivity contribution in [1.29, 1.82) is 0 Å². The summed E-state index contributed by atoms with van der Waals surface area (Å²) >= 11 is 0. The van der Waals surface area contributed by atoms with Crippen LogP contribution in [0.5, 0.6) is 0 Å². The van der Waals surface area contributed by atoms with Gasteiger partial charge in [0.25, 0.3) is 5.91 Å². The van der Waals surface area contributed by atoms with Gasteiger partial charge >= 0.3 is 5.97 Å². The molecule has 0 radical (unpaired) electrons. The predicted octanol–water partition coefficient (Wildman–Crippen LogP) is 4.18. The zero-order valence-electron chi connectivity index (χ0n) is 16.4. The topological polar surface area (TPSA) is 87.7 Å². The molecule has 3 N–H and O–H groups in total. The second-order valence-corrected chi connectivity index (χ2v) is 6.69. The molecule has 0 saturated carbocycles. The van der Waals surface area contributed by atoms with E-state index in [1.54, 1.807) is 36.4 Å². The first-order chi connectivity index (χ1) is 14.9. The van der Waals surface area contributed by atoms with Gasteiger partial charge < -0.3 is 10.4 Å². The molecule has 0 unspecified atom stereocenters. The number of anilines is 1. The number of carboxylic acids is 1. The Hall–Kier alpha value is -3.78. The average molecular weight is 426 g/mol. The van der Waals surface area contributed by atoms with Crippen LogP contribution in [0.4, 0.5) is 14.5 Å². The van der Waals surface area contributed by atoms with Crippen molar-refractivity contribution in [2.45, 2.75) is 13.0 Å². The minimum Gasteiger partial charge on any atom is -0.478 e. The zero-order valence-corrected chi connectivity index (χ0v) is 16.4. The fraction of sp³-hybridized carbons (Fsp3) is 0.130. The largest absolute Gasteiger partial charge is 0.478 e. The summed E-state index contributed by atoms with van der Waals surface area (Å²) in [4.78, 5) is 28.7. The Morgan fingerprint density at radius 2 is 1.61 bits per heavy atom. The summed E-state index contributed by atoms with van der Waals surface area (Å²) in [6.07, 6.45) is 0.428. The minimum absolute atomic E-state index is 0.0814. The molecule has 0 spiro atoms. The SMILES string of the molecule is O=C(O)c1cc(CCNc2ccccc2C(=O)NOCc2ccc(F)cc2)ccc1F. The first kappa shape index (κ1) is 21.9. The van der Waals surface area contributed by atoms with E-state index in [9.17, 15) is 18.4 Å². The molecule has 6 nitrogen and oxygen atoms in total. The maximum absolute atomic E-state index is 13.5. The van der Waals surface area contributed by atoms with Crippen molar-refractivity contribution < 1.29 is 28.3 Å². The summed E-state index contributed by atoms with van der Waals surface area (Å²) in [5.41, 5.74) is 4.24. The molecule has 1 amide bonds. The molecule has 0 fully saturated rings. The van der Waals surface area contributed by atoms with Crippen LogP contribution in [-0.2, 0) is 17.9 Å². The van der Waals surface area contributed by atoms with Crippen LogP contribution < -0.4 is 10.8 Å².